The standard InChI is InChI=1S/C43H64N4O12S/c1-8-13-27(38(51)32(48)18-19-35(50)45-37(40(44)52)29-16-12-17-34-39(29)58-24-57-34)20-33(49)31-21-28(59-43(4,5)6)22-47(31)42(54)36(26-14-10-9-11-15-26)46-41(53)30(25(2)3)23-60(7,55)56/h12,16-17,25-28,30-31,36-37H,8-11,13-15,18-24H2,1-7H3,(H2,44,52)(H,45,50)(H,46,53)/t27?,28-,30+,31+,36+,37?/m1/s1. The summed E-state index contributed by atoms with van der Waals surface area (Å²) < 4.78 is 41.7. The molecule has 1 saturated heterocycles. The van der Waals surface area contributed by atoms with Gasteiger partial charge in [-0.05, 0) is 57.9 Å². The van der Waals surface area contributed by atoms with Crippen molar-refractivity contribution in [2.24, 2.45) is 29.4 Å². The Morgan fingerprint density at radius 2 is 1.67 bits per heavy atom. The zero-order chi connectivity index (χ0) is 44.5. The number of fused-ring (bicyclic) bond motifs is 1. The van der Waals surface area contributed by atoms with Crippen molar-refractivity contribution in [2.45, 2.75) is 142 Å². The number of nitrogens with two attached hydrogens (primary N) is 1. The van der Waals surface area contributed by atoms with Gasteiger partial charge in [-0.2, -0.15) is 0 Å². The minimum absolute atomic E-state index is 0.0558. The number of carbonyl (C=O) groups excluding carboxylic acids is 7. The lowest BCUT2D eigenvalue weighted by Crippen LogP contribution is -2.56. The van der Waals surface area contributed by atoms with E-state index in [1.54, 1.807) is 32.0 Å². The summed E-state index contributed by atoms with van der Waals surface area (Å²) in [6.07, 6.45) is 4.09. The molecule has 4 amide bonds. The molecule has 1 aromatic rings. The van der Waals surface area contributed by atoms with E-state index in [0.29, 0.717) is 25.0 Å². The average Bonchev–Trinajstić information content (AvgIpc) is 3.83. The van der Waals surface area contributed by atoms with Crippen LogP contribution in [0.5, 0.6) is 11.5 Å². The number of Topliss-reactive ketones (excluding diaryl/α,β-unsaturated/α-hetero) is 3. The Kier molecular flexibility index (Phi) is 16.8. The molecule has 1 aromatic carbocycles. The molecule has 17 heteroatoms. The molecule has 2 fully saturated rings. The number of ether oxygens (including phenoxy) is 3. The maximum atomic E-state index is 14.7. The quantitative estimate of drug-likeness (QED) is 0.151. The van der Waals surface area contributed by atoms with Crippen molar-refractivity contribution in [1.82, 2.24) is 15.5 Å². The van der Waals surface area contributed by atoms with E-state index < -0.39 is 105 Å². The molecule has 0 radical (unpaired) electrons. The number of rotatable bonds is 21. The average molecular weight is 861 g/mol. The molecule has 1 saturated carbocycles. The van der Waals surface area contributed by atoms with E-state index in [-0.39, 0.29) is 61.5 Å². The maximum absolute atomic E-state index is 14.7. The van der Waals surface area contributed by atoms with Crippen molar-refractivity contribution >= 4 is 50.8 Å². The number of amides is 4. The number of nitrogens with one attached hydrogen (secondary N) is 2. The van der Waals surface area contributed by atoms with E-state index in [0.717, 1.165) is 25.5 Å². The van der Waals surface area contributed by atoms with Gasteiger partial charge in [-0.25, -0.2) is 8.42 Å². The normalized spacial score (nSPS) is 20.2. The highest BCUT2D eigenvalue weighted by Gasteiger charge is 2.46. The molecule has 16 nitrogen and oxygen atoms in total. The van der Waals surface area contributed by atoms with E-state index >= 15 is 0 Å². The van der Waals surface area contributed by atoms with Crippen molar-refractivity contribution < 1.29 is 56.2 Å². The van der Waals surface area contributed by atoms with Crippen molar-refractivity contribution in [3.05, 3.63) is 23.8 Å². The van der Waals surface area contributed by atoms with Gasteiger partial charge in [0.25, 0.3) is 0 Å². The number of sulfone groups is 1. The number of likely N-dealkylation sites (tertiary alicyclic amines) is 1. The minimum Gasteiger partial charge on any atom is -0.454 e. The van der Waals surface area contributed by atoms with E-state index in [1.807, 2.05) is 27.7 Å². The molecule has 60 heavy (non-hydrogen) atoms. The highest BCUT2D eigenvalue weighted by atomic mass is 32.2. The molecule has 334 valence electrons. The molecule has 1 aliphatic carbocycles. The minimum atomic E-state index is -3.53. The van der Waals surface area contributed by atoms with Gasteiger partial charge in [0.15, 0.2) is 23.1 Å². The lowest BCUT2D eigenvalue weighted by molar-refractivity contribution is -0.144. The summed E-state index contributed by atoms with van der Waals surface area (Å²) in [6, 6.07) is 1.48. The van der Waals surface area contributed by atoms with E-state index in [9.17, 15) is 42.0 Å². The van der Waals surface area contributed by atoms with Crippen LogP contribution in [0.15, 0.2) is 18.2 Å². The molecule has 0 spiro atoms. The number of hydrogen-bond acceptors (Lipinski definition) is 12. The molecule has 4 rings (SSSR count). The molecule has 0 aromatic heterocycles. The van der Waals surface area contributed by atoms with Gasteiger partial charge in [0, 0.05) is 50.0 Å². The monoisotopic (exact) mass is 860 g/mol. The largest absolute Gasteiger partial charge is 0.454 e. The fraction of sp³-hybridized carbons (Fsp3) is 0.698. The molecular formula is C43H64N4O12S. The van der Waals surface area contributed by atoms with Gasteiger partial charge in [-0.3, -0.25) is 33.6 Å². The van der Waals surface area contributed by atoms with Crippen LogP contribution in [0.25, 0.3) is 0 Å². The molecule has 2 heterocycles. The lowest BCUT2D eigenvalue weighted by atomic mass is 9.82. The Morgan fingerprint density at radius 1 is 0.983 bits per heavy atom. The number of carbonyl (C=O) groups is 7. The summed E-state index contributed by atoms with van der Waals surface area (Å²) in [6.45, 7) is 10.9. The van der Waals surface area contributed by atoms with Crippen molar-refractivity contribution in [2.75, 3.05) is 25.3 Å². The van der Waals surface area contributed by atoms with Crippen LogP contribution in [0.4, 0.5) is 0 Å². The number of ketones is 3. The second kappa shape index (κ2) is 20.9. The van der Waals surface area contributed by atoms with Gasteiger partial charge in [0.2, 0.25) is 36.2 Å². The van der Waals surface area contributed by atoms with Crippen molar-refractivity contribution in [3.8, 4) is 11.5 Å². The predicted molar refractivity (Wildman–Crippen MR) is 221 cm³/mol. The Labute approximate surface area is 353 Å². The van der Waals surface area contributed by atoms with Gasteiger partial charge in [0.05, 0.1) is 29.4 Å². The van der Waals surface area contributed by atoms with Crippen LogP contribution >= 0.6 is 0 Å². The summed E-state index contributed by atoms with van der Waals surface area (Å²) in [5, 5.41) is 5.44. The Balaban J connectivity index is 1.51. The van der Waals surface area contributed by atoms with Crippen LogP contribution in [0.1, 0.15) is 124 Å². The topological polar surface area (TPSA) is 235 Å². The van der Waals surface area contributed by atoms with Crippen LogP contribution in [0, 0.1) is 23.7 Å². The number of primary amides is 1. The molecule has 3 aliphatic rings. The third-order valence-corrected chi connectivity index (χ3v) is 12.3. The molecule has 0 bridgehead atoms. The van der Waals surface area contributed by atoms with Crippen LogP contribution in [0.2, 0.25) is 0 Å². The van der Waals surface area contributed by atoms with Gasteiger partial charge < -0.3 is 35.5 Å². The van der Waals surface area contributed by atoms with E-state index in [4.69, 9.17) is 19.9 Å². The Morgan fingerprint density at radius 3 is 2.27 bits per heavy atom. The smallest absolute Gasteiger partial charge is 0.246 e. The van der Waals surface area contributed by atoms with Gasteiger partial charge in [-0.15, -0.1) is 0 Å². The summed E-state index contributed by atoms with van der Waals surface area (Å²) in [7, 11) is -3.53. The second-order valence-corrected chi connectivity index (χ2v) is 20.0. The third-order valence-electron chi connectivity index (χ3n) is 11.4. The molecule has 6 atom stereocenters. The van der Waals surface area contributed by atoms with Crippen LogP contribution in [0.3, 0.4) is 0 Å². The second-order valence-electron chi connectivity index (χ2n) is 17.8. The summed E-state index contributed by atoms with van der Waals surface area (Å²) >= 11 is 0. The third kappa shape index (κ3) is 13.3. The number of benzene rings is 1. The van der Waals surface area contributed by atoms with Gasteiger partial charge in [0.1, 0.15) is 21.9 Å². The van der Waals surface area contributed by atoms with Crippen LogP contribution < -0.4 is 25.8 Å². The highest BCUT2D eigenvalue weighted by molar-refractivity contribution is 7.90. The van der Waals surface area contributed by atoms with Crippen LogP contribution in [-0.4, -0.2) is 103 Å². The van der Waals surface area contributed by atoms with Gasteiger partial charge >= 0.3 is 0 Å². The van der Waals surface area contributed by atoms with E-state index in [2.05, 4.69) is 10.6 Å². The lowest BCUT2D eigenvalue weighted by Gasteiger charge is -2.36. The molecule has 2 unspecified atom stereocenters. The van der Waals surface area contributed by atoms with E-state index in [1.165, 1.54) is 4.90 Å². The fourth-order valence-corrected chi connectivity index (χ4v) is 9.65. The molecule has 2 aliphatic heterocycles. The van der Waals surface area contributed by atoms with Crippen LogP contribution in [-0.2, 0) is 48.1 Å². The summed E-state index contributed by atoms with van der Waals surface area (Å²) in [5.41, 5.74) is 5.26. The molecular weight excluding hydrogens is 797 g/mol. The maximum Gasteiger partial charge on any atom is 0.246 e. The van der Waals surface area contributed by atoms with Gasteiger partial charge in [-0.1, -0.05) is 58.6 Å². The fourth-order valence-electron chi connectivity index (χ4n) is 8.46. The SMILES string of the molecule is CCCC(CC(=O)[C@@H]1C[C@@H](OC(C)(C)C)CN1C(=O)[C@@H](NC(=O)[C@@H](CS(C)(=O)=O)C(C)C)C1CCCCC1)C(=O)C(=O)CCC(=O)NC(C(N)=O)c1cccc2c1OCO2. The zero-order valence-corrected chi connectivity index (χ0v) is 36.9. The summed E-state index contributed by atoms with van der Waals surface area (Å²) in [5.74, 6) is -6.90. The predicted octanol–water partition coefficient (Wildman–Crippen LogP) is 3.52. The number of nitrogens with zero attached hydrogens (tertiary/aromatic N) is 1. The number of hydrogen-bond donors (Lipinski definition) is 3. The summed E-state index contributed by atoms with van der Waals surface area (Å²) in [4.78, 5) is 96.6. The number of para-hydroxylation sites is 1. The zero-order valence-electron chi connectivity index (χ0n) is 36.1. The first-order valence-electron chi connectivity index (χ1n) is 21.1. The highest BCUT2D eigenvalue weighted by Crippen LogP contribution is 2.38. The molecule has 4 N–H and O–H groups in total. The Hall–Kier alpha value is -4.38. The first kappa shape index (κ1) is 48.3. The van der Waals surface area contributed by atoms with Crippen molar-refractivity contribution in [1.29, 1.82) is 0 Å². The van der Waals surface area contributed by atoms with Crippen molar-refractivity contribution in [3.63, 3.8) is 0 Å². The first-order chi connectivity index (χ1) is 28.1. The first-order valence-corrected chi connectivity index (χ1v) is 23.2. The Bertz CT molecular complexity index is 1870.